The summed E-state index contributed by atoms with van der Waals surface area (Å²) in [6.45, 7) is 0.814. The van der Waals surface area contributed by atoms with Crippen LogP contribution < -0.4 is 4.87 Å². The minimum Gasteiger partial charge on any atom is -0.294 e. The molecule has 0 aliphatic carbocycles. The normalized spacial score (nSPS) is 13.5. The Morgan fingerprint density at radius 2 is 2.36 bits per heavy atom. The van der Waals surface area contributed by atoms with Crippen LogP contribution in [0.4, 0.5) is 0 Å². The van der Waals surface area contributed by atoms with Crippen LogP contribution in [0.2, 0.25) is 0 Å². The maximum atomic E-state index is 11.2. The molecule has 0 N–H and O–H groups in total. The molecule has 2 heterocycles. The second-order valence-corrected chi connectivity index (χ2v) is 3.71. The first-order valence-electron chi connectivity index (χ1n) is 3.47. The van der Waals surface area contributed by atoms with Gasteiger partial charge in [0, 0.05) is 0 Å². The summed E-state index contributed by atoms with van der Waals surface area (Å²) >= 11 is 1.34. The van der Waals surface area contributed by atoms with E-state index in [4.69, 9.17) is 0 Å². The van der Waals surface area contributed by atoms with Gasteiger partial charge in [-0.3, -0.25) is 9.36 Å². The van der Waals surface area contributed by atoms with Gasteiger partial charge in [-0.25, -0.2) is 0 Å². The zero-order valence-corrected chi connectivity index (χ0v) is 6.52. The predicted molar refractivity (Wildman–Crippen MR) is 45.2 cm³/mol. The fourth-order valence-corrected chi connectivity index (χ4v) is 2.49. The zero-order valence-electron chi connectivity index (χ0n) is 5.70. The van der Waals surface area contributed by atoms with Gasteiger partial charge in [0.25, 0.3) is 0 Å². The molecule has 1 aliphatic rings. The molecular weight excluding hydrogens is 158 g/mol. The summed E-state index contributed by atoms with van der Waals surface area (Å²) in [6, 6.07) is 6.09. The summed E-state index contributed by atoms with van der Waals surface area (Å²) in [5.74, 6) is 0. The van der Waals surface area contributed by atoms with Gasteiger partial charge in [-0.2, -0.15) is 0 Å². The van der Waals surface area contributed by atoms with E-state index in [0.717, 1.165) is 16.8 Å². The topological polar surface area (TPSA) is 22.0 Å². The van der Waals surface area contributed by atoms with Gasteiger partial charge in [0.15, 0.2) is 0 Å². The van der Waals surface area contributed by atoms with Crippen molar-refractivity contribution in [2.45, 2.75) is 6.54 Å². The van der Waals surface area contributed by atoms with E-state index in [9.17, 15) is 4.79 Å². The molecule has 0 bridgehead atoms. The van der Waals surface area contributed by atoms with Crippen LogP contribution in [0.5, 0.6) is 0 Å². The third kappa shape index (κ3) is 0.509. The van der Waals surface area contributed by atoms with Crippen molar-refractivity contribution in [3.63, 3.8) is 0 Å². The largest absolute Gasteiger partial charge is 0.308 e. The average Bonchev–Trinajstić information content (AvgIpc) is 2.19. The lowest BCUT2D eigenvalue weighted by Gasteiger charge is -2.15. The highest BCUT2D eigenvalue weighted by molar-refractivity contribution is 7.16. The molecule has 54 valence electrons. The Kier molecular flexibility index (Phi) is 0.786. The Morgan fingerprint density at radius 1 is 1.45 bits per heavy atom. The minimum absolute atomic E-state index is 0.179. The minimum atomic E-state index is 0.179. The van der Waals surface area contributed by atoms with Crippen molar-refractivity contribution < 1.29 is 0 Å². The van der Waals surface area contributed by atoms with E-state index in [0.29, 0.717) is 0 Å². The SMILES string of the molecule is O=c1sc2cccc3c2n1C3. The van der Waals surface area contributed by atoms with Gasteiger partial charge >= 0.3 is 4.87 Å². The number of rotatable bonds is 0. The van der Waals surface area contributed by atoms with Crippen LogP contribution in [0.15, 0.2) is 23.0 Å². The van der Waals surface area contributed by atoms with Crippen molar-refractivity contribution in [3.05, 3.63) is 33.4 Å². The number of benzene rings is 1. The molecule has 11 heavy (non-hydrogen) atoms. The molecule has 0 spiro atoms. The van der Waals surface area contributed by atoms with Gasteiger partial charge in [-0.05, 0) is 11.6 Å². The smallest absolute Gasteiger partial charge is 0.294 e. The van der Waals surface area contributed by atoms with Gasteiger partial charge in [0.1, 0.15) is 0 Å². The number of hydrogen-bond acceptors (Lipinski definition) is 2. The first-order chi connectivity index (χ1) is 5.36. The highest BCUT2D eigenvalue weighted by Crippen LogP contribution is 2.28. The van der Waals surface area contributed by atoms with Crippen molar-refractivity contribution >= 4 is 21.6 Å². The molecule has 0 atom stereocenters. The number of nitrogens with zero attached hydrogens (tertiary/aromatic N) is 1. The van der Waals surface area contributed by atoms with Crippen LogP contribution in [0.25, 0.3) is 10.2 Å². The molecule has 1 aliphatic heterocycles. The van der Waals surface area contributed by atoms with Crippen LogP contribution in [0.1, 0.15) is 5.56 Å². The third-order valence-electron chi connectivity index (χ3n) is 2.10. The van der Waals surface area contributed by atoms with E-state index in [-0.39, 0.29) is 4.87 Å². The third-order valence-corrected chi connectivity index (χ3v) is 3.04. The molecule has 3 heteroatoms. The summed E-state index contributed by atoms with van der Waals surface area (Å²) in [5, 5.41) is 0. The standard InChI is InChI=1S/C8H5NOS/c10-8-9-4-5-2-1-3-6(11-8)7(5)9/h1-3H,4H2. The molecule has 0 amide bonds. The van der Waals surface area contributed by atoms with Gasteiger partial charge < -0.3 is 0 Å². The van der Waals surface area contributed by atoms with Crippen molar-refractivity contribution in [2.75, 3.05) is 0 Å². The molecule has 2 aromatic rings. The predicted octanol–water partition coefficient (Wildman–Crippen LogP) is 1.42. The molecule has 0 saturated heterocycles. The number of para-hydroxylation sites is 1. The van der Waals surface area contributed by atoms with Gasteiger partial charge in [-0.1, -0.05) is 23.5 Å². The van der Waals surface area contributed by atoms with E-state index >= 15 is 0 Å². The zero-order chi connectivity index (χ0) is 7.42. The summed E-state index contributed by atoms with van der Waals surface area (Å²) in [5.41, 5.74) is 2.46. The van der Waals surface area contributed by atoms with E-state index < -0.39 is 0 Å². The first kappa shape index (κ1) is 5.55. The quantitative estimate of drug-likeness (QED) is 0.491. The van der Waals surface area contributed by atoms with Crippen molar-refractivity contribution in [1.29, 1.82) is 0 Å². The summed E-state index contributed by atoms with van der Waals surface area (Å²) < 4.78 is 2.95. The fraction of sp³-hybridized carbons (Fsp3) is 0.125. The number of hydrogen-bond donors (Lipinski definition) is 0. The van der Waals surface area contributed by atoms with Crippen LogP contribution in [-0.4, -0.2) is 4.57 Å². The maximum absolute atomic E-state index is 11.2. The lowest BCUT2D eigenvalue weighted by molar-refractivity contribution is 0.756. The lowest BCUT2D eigenvalue weighted by Crippen LogP contribution is -2.21. The highest BCUT2D eigenvalue weighted by atomic mass is 32.1. The molecular formula is C8H5NOS. The molecule has 2 nitrogen and oxygen atoms in total. The first-order valence-corrected chi connectivity index (χ1v) is 4.29. The number of aromatic nitrogens is 1. The summed E-state index contributed by atoms with van der Waals surface area (Å²) in [4.78, 5) is 11.3. The van der Waals surface area contributed by atoms with E-state index in [1.54, 1.807) is 0 Å². The second kappa shape index (κ2) is 1.56. The van der Waals surface area contributed by atoms with Crippen LogP contribution >= 0.6 is 11.3 Å². The molecule has 3 rings (SSSR count). The highest BCUT2D eigenvalue weighted by Gasteiger charge is 2.19. The molecule has 1 aromatic heterocycles. The van der Waals surface area contributed by atoms with E-state index in [1.165, 1.54) is 16.9 Å². The van der Waals surface area contributed by atoms with Crippen LogP contribution in [0.3, 0.4) is 0 Å². The van der Waals surface area contributed by atoms with Crippen LogP contribution in [0, 0.1) is 0 Å². The van der Waals surface area contributed by atoms with Crippen molar-refractivity contribution in [3.8, 4) is 0 Å². The van der Waals surface area contributed by atoms with Gasteiger partial charge in [0.2, 0.25) is 0 Å². The summed E-state index contributed by atoms with van der Waals surface area (Å²) in [6.07, 6.45) is 0. The van der Waals surface area contributed by atoms with Crippen LogP contribution in [-0.2, 0) is 6.54 Å². The van der Waals surface area contributed by atoms with Gasteiger partial charge in [0.05, 0.1) is 16.8 Å². The Labute approximate surface area is 66.7 Å². The summed E-state index contributed by atoms with van der Waals surface area (Å²) in [7, 11) is 0. The Balaban J connectivity index is 2.72. The maximum Gasteiger partial charge on any atom is 0.308 e. The van der Waals surface area contributed by atoms with Gasteiger partial charge in [-0.15, -0.1) is 0 Å². The molecule has 0 saturated carbocycles. The van der Waals surface area contributed by atoms with E-state index in [1.807, 2.05) is 16.7 Å². The second-order valence-electron chi connectivity index (χ2n) is 2.72. The fourth-order valence-electron chi connectivity index (χ4n) is 1.55. The van der Waals surface area contributed by atoms with Crippen molar-refractivity contribution in [2.24, 2.45) is 0 Å². The lowest BCUT2D eigenvalue weighted by atomic mass is 10.1. The van der Waals surface area contributed by atoms with Crippen molar-refractivity contribution in [1.82, 2.24) is 4.57 Å². The monoisotopic (exact) mass is 163 g/mol. The molecule has 1 aromatic carbocycles. The Bertz CT molecular complexity index is 494. The molecule has 0 unspecified atom stereocenters. The molecule has 0 fully saturated rings. The number of thiazole rings is 1. The van der Waals surface area contributed by atoms with E-state index in [2.05, 4.69) is 6.07 Å². The Hall–Kier alpha value is -1.09. The molecule has 0 radical (unpaired) electrons. The Morgan fingerprint density at radius 3 is 3.18 bits per heavy atom. The average molecular weight is 163 g/mol.